The zero-order valence-corrected chi connectivity index (χ0v) is 48.8. The Morgan fingerprint density at radius 2 is 0.988 bits per heavy atom. The molecule has 4 aliphatic rings. The van der Waals surface area contributed by atoms with Crippen LogP contribution in [0.4, 0.5) is 23.3 Å². The second-order valence-electron chi connectivity index (χ2n) is 23.1. The van der Waals surface area contributed by atoms with Gasteiger partial charge < -0.3 is 50.8 Å². The van der Waals surface area contributed by atoms with Gasteiger partial charge >= 0.3 is 11.4 Å². The number of nitrogens with one attached hydrogen (secondary N) is 10. The van der Waals surface area contributed by atoms with Crippen LogP contribution in [0.2, 0.25) is 0 Å². The van der Waals surface area contributed by atoms with Crippen LogP contribution < -0.4 is 43.3 Å². The normalized spacial score (nSPS) is 20.9. The third-order valence-electron chi connectivity index (χ3n) is 16.4. The number of pyridine rings is 4. The smallest absolute Gasteiger partial charge is 0.340 e. The molecule has 0 spiro atoms. The number of hydrogen-bond donors (Lipinski definition) is 10. The minimum Gasteiger partial charge on any atom is -0.381 e. The molecule has 10 rings (SSSR count). The molecule has 6 aromatic heterocycles. The molecule has 10 N–H and O–H groups in total. The van der Waals surface area contributed by atoms with E-state index in [-0.39, 0.29) is 36.7 Å². The number of aryl methyl sites for hydroxylation is 2. The predicted molar refractivity (Wildman–Crippen MR) is 320 cm³/mol. The van der Waals surface area contributed by atoms with Crippen molar-refractivity contribution in [2.75, 3.05) is 74.0 Å². The van der Waals surface area contributed by atoms with Crippen LogP contribution in [-0.2, 0) is 32.2 Å². The Bertz CT molecular complexity index is 3020. The summed E-state index contributed by atoms with van der Waals surface area (Å²) in [4.78, 5) is 46.5. The number of nitriles is 2. The van der Waals surface area contributed by atoms with Crippen LogP contribution in [-0.4, -0.2) is 139 Å². The lowest BCUT2D eigenvalue weighted by atomic mass is 9.82. The Kier molecular flexibility index (Phi) is 21.6. The molecule has 0 amide bonds. The molecule has 2 saturated carbocycles. The summed E-state index contributed by atoms with van der Waals surface area (Å²) in [6, 6.07) is 23.1. The Morgan fingerprint density at radius 1 is 0.595 bits per heavy atom. The number of aromatic amines is 4. The van der Waals surface area contributed by atoms with Gasteiger partial charge in [-0.2, -0.15) is 20.7 Å². The summed E-state index contributed by atoms with van der Waals surface area (Å²) in [7, 11) is 0. The number of rotatable bonds is 24. The van der Waals surface area contributed by atoms with Crippen molar-refractivity contribution in [1.29, 1.82) is 10.5 Å². The molecule has 6 aromatic rings. The van der Waals surface area contributed by atoms with Gasteiger partial charge in [-0.15, -0.1) is 0 Å². The molecule has 2 saturated heterocycles. The van der Waals surface area contributed by atoms with Crippen molar-refractivity contribution in [3.8, 4) is 34.7 Å². The van der Waals surface area contributed by atoms with Gasteiger partial charge in [0.05, 0.1) is 47.6 Å². The number of H-pyrrole nitrogens is 4. The van der Waals surface area contributed by atoms with Crippen molar-refractivity contribution in [1.82, 2.24) is 60.9 Å². The number of nitrogens with zero attached hydrogens (tertiary/aromatic N) is 8. The van der Waals surface area contributed by atoms with E-state index in [2.05, 4.69) is 124 Å². The average molecular weight is 1150 g/mol. The molecule has 0 unspecified atom stereocenters. The van der Waals surface area contributed by atoms with E-state index in [1.807, 2.05) is 48.8 Å². The molecule has 2 atom stereocenters. The van der Waals surface area contributed by atoms with Crippen molar-refractivity contribution in [3.05, 3.63) is 105 Å². The molecule has 448 valence electrons. The largest absolute Gasteiger partial charge is 0.381 e. The van der Waals surface area contributed by atoms with Crippen LogP contribution in [0.25, 0.3) is 22.5 Å². The Hall–Kier alpha value is -7.58. The monoisotopic (exact) mass is 1150 g/mol. The first-order valence-corrected chi connectivity index (χ1v) is 29.6. The van der Waals surface area contributed by atoms with Gasteiger partial charge in [0, 0.05) is 99.3 Å². The third kappa shape index (κ3) is 17.7. The van der Waals surface area contributed by atoms with Crippen molar-refractivity contribution in [3.63, 3.8) is 0 Å². The van der Waals surface area contributed by atoms with Gasteiger partial charge in [0.15, 0.2) is 11.6 Å². The molecular formula is C60H82N18O6. The van der Waals surface area contributed by atoms with E-state index in [9.17, 15) is 20.1 Å². The fraction of sp³-hybridized carbons (Fsp3) is 0.567. The maximum atomic E-state index is 11.1. The third-order valence-corrected chi connectivity index (χ3v) is 16.4. The van der Waals surface area contributed by atoms with E-state index in [0.717, 1.165) is 134 Å². The Morgan fingerprint density at radius 3 is 1.36 bits per heavy atom. The van der Waals surface area contributed by atoms with E-state index >= 15 is 0 Å². The van der Waals surface area contributed by atoms with Crippen LogP contribution in [0, 0.1) is 47.3 Å². The molecule has 2 aliphatic heterocycles. The molecule has 84 heavy (non-hydrogen) atoms. The van der Waals surface area contributed by atoms with E-state index in [1.54, 1.807) is 0 Å². The highest BCUT2D eigenvalue weighted by Crippen LogP contribution is 2.34. The minimum atomic E-state index is -0.414. The molecule has 8 heterocycles. The highest BCUT2D eigenvalue weighted by molar-refractivity contribution is 5.69. The minimum absolute atomic E-state index is 0.200. The zero-order chi connectivity index (χ0) is 58.7. The number of hydrogen-bond acceptors (Lipinski definition) is 20. The molecule has 24 nitrogen and oxygen atoms in total. The van der Waals surface area contributed by atoms with Crippen molar-refractivity contribution >= 4 is 23.3 Å². The van der Waals surface area contributed by atoms with E-state index in [1.165, 1.54) is 0 Å². The molecule has 0 bridgehead atoms. The van der Waals surface area contributed by atoms with Crippen molar-refractivity contribution in [2.24, 2.45) is 10.8 Å². The lowest BCUT2D eigenvalue weighted by Crippen LogP contribution is -2.43. The predicted octanol–water partition coefficient (Wildman–Crippen LogP) is 7.03. The zero-order valence-electron chi connectivity index (χ0n) is 48.8. The first-order valence-electron chi connectivity index (χ1n) is 29.6. The summed E-state index contributed by atoms with van der Waals surface area (Å²) in [5.41, 5.74) is 4.49. The summed E-state index contributed by atoms with van der Waals surface area (Å²) < 4.78 is 22.3. The molecule has 2 aliphatic carbocycles. The van der Waals surface area contributed by atoms with Crippen LogP contribution in [0.3, 0.4) is 0 Å². The standard InChI is InChI=1S/2C30H41N9O3/c2*1-20-15-32-27(14-24(20)25-4-3-5-26(36-25)33-19-30(18-31)10-12-41-13-11-30)35-23-8-6-22(7-9-23)34-21(2)16-42-17-28-37-29(40)39-38-28/h2*3-5,14-15,21-23,34H,6-13,16-17,19H2,1-2H3,(H,32,35)(H,33,36)(H2,37,38,39,40)/t2*21-,22?,23?/m10/s1. The fourth-order valence-corrected chi connectivity index (χ4v) is 11.4. The lowest BCUT2D eigenvalue weighted by Gasteiger charge is -2.32. The van der Waals surface area contributed by atoms with Gasteiger partial charge in [-0.05, 0) is 152 Å². The van der Waals surface area contributed by atoms with Crippen LogP contribution in [0.15, 0.2) is 70.5 Å². The summed E-state index contributed by atoms with van der Waals surface area (Å²) in [5, 5.41) is 53.4. The first-order chi connectivity index (χ1) is 40.8. The summed E-state index contributed by atoms with van der Waals surface area (Å²) in [6.45, 7) is 13.6. The SMILES string of the molecule is Cc1cnc(NC2CCC(N[C@@H](C)COCc3n[nH]c(=O)[nH]3)CC2)cc1-c1cccc(NCC2(C#N)CCOCC2)n1.Cc1cnc(NC2CCC(N[C@H](C)COCc3n[nH]c(=O)[nH]3)CC2)cc1-c1cccc(NCC2(C#N)CCOCC2)n1. The molecule has 0 aromatic carbocycles. The van der Waals surface area contributed by atoms with Crippen LogP contribution in [0.1, 0.15) is 114 Å². The van der Waals surface area contributed by atoms with E-state index in [4.69, 9.17) is 28.9 Å². The number of ether oxygens (including phenoxy) is 4. The summed E-state index contributed by atoms with van der Waals surface area (Å²) >= 11 is 0. The second kappa shape index (κ2) is 29.8. The van der Waals surface area contributed by atoms with Crippen molar-refractivity contribution < 1.29 is 18.9 Å². The lowest BCUT2D eigenvalue weighted by molar-refractivity contribution is 0.0454. The molecular weight excluding hydrogens is 1070 g/mol. The maximum absolute atomic E-state index is 11.1. The highest BCUT2D eigenvalue weighted by Gasteiger charge is 2.34. The summed E-state index contributed by atoms with van der Waals surface area (Å²) in [5.74, 6) is 4.26. The van der Waals surface area contributed by atoms with Gasteiger partial charge in [0.25, 0.3) is 0 Å². The van der Waals surface area contributed by atoms with E-state index in [0.29, 0.717) is 88.5 Å². The average Bonchev–Trinajstić information content (AvgIpc) is 4.30. The Labute approximate surface area is 490 Å². The second-order valence-corrected chi connectivity index (χ2v) is 23.1. The highest BCUT2D eigenvalue weighted by atomic mass is 16.5. The van der Waals surface area contributed by atoms with Crippen molar-refractivity contribution in [2.45, 2.75) is 154 Å². The topological polar surface area (TPSA) is 331 Å². The maximum Gasteiger partial charge on any atom is 0.340 e. The van der Waals surface area contributed by atoms with Crippen LogP contribution >= 0.6 is 0 Å². The Balaban J connectivity index is 0.000000202. The van der Waals surface area contributed by atoms with Gasteiger partial charge in [-0.1, -0.05) is 12.1 Å². The fourth-order valence-electron chi connectivity index (χ4n) is 11.4. The van der Waals surface area contributed by atoms with E-state index < -0.39 is 10.8 Å². The van der Waals surface area contributed by atoms with Crippen LogP contribution in [0.5, 0.6) is 0 Å². The van der Waals surface area contributed by atoms with Gasteiger partial charge in [0.1, 0.15) is 36.5 Å². The van der Waals surface area contributed by atoms with Gasteiger partial charge in [-0.25, -0.2) is 39.7 Å². The van der Waals surface area contributed by atoms with Gasteiger partial charge in [-0.3, -0.25) is 9.97 Å². The first kappa shape index (κ1) is 61.0. The molecule has 24 heteroatoms. The molecule has 0 radical (unpaired) electrons. The quantitative estimate of drug-likeness (QED) is 0.0291. The number of anilines is 4. The summed E-state index contributed by atoms with van der Waals surface area (Å²) in [6.07, 6.45) is 15.2. The van der Waals surface area contributed by atoms with Gasteiger partial charge in [0.2, 0.25) is 0 Å². The number of aromatic nitrogens is 10. The molecule has 4 fully saturated rings.